The lowest BCUT2D eigenvalue weighted by Crippen LogP contribution is -2.16. The highest BCUT2D eigenvalue weighted by molar-refractivity contribution is 7.89. The average Bonchev–Trinajstić information content (AvgIpc) is 3.21. The van der Waals surface area contributed by atoms with Crippen LogP contribution >= 0.6 is 11.3 Å². The predicted molar refractivity (Wildman–Crippen MR) is 98.8 cm³/mol. The number of H-pyrrole nitrogens is 1. The number of sulfonamides is 1. The number of anilines is 1. The quantitative estimate of drug-likeness (QED) is 0.483. The number of nitrogens with one attached hydrogen (secondary N) is 1. The number of rotatable bonds is 3. The van der Waals surface area contributed by atoms with Gasteiger partial charge in [-0.15, -0.1) is 5.10 Å². The fourth-order valence-electron chi connectivity index (χ4n) is 2.96. The molecule has 0 unspecified atom stereocenters. The molecule has 0 aliphatic rings. The minimum atomic E-state index is -4.03. The number of hydrogen-bond donors (Lipinski definition) is 3. The first-order valence-electron chi connectivity index (χ1n) is 7.42. The molecule has 5 N–H and O–H groups in total. The third-order valence-corrected chi connectivity index (χ3v) is 5.89. The molecular formula is C15H13N7O2S2. The maximum atomic E-state index is 12.3. The van der Waals surface area contributed by atoms with Gasteiger partial charge in [-0.05, 0) is 34.5 Å². The number of nitrogen functional groups attached to an aromatic ring is 1. The maximum absolute atomic E-state index is 12.3. The second-order valence-electron chi connectivity index (χ2n) is 5.63. The summed E-state index contributed by atoms with van der Waals surface area (Å²) in [6, 6.07) is 9.08. The molecule has 0 amide bonds. The predicted octanol–water partition coefficient (Wildman–Crippen LogP) is 1.68. The van der Waals surface area contributed by atoms with E-state index in [1.54, 1.807) is 19.1 Å². The molecule has 2 aromatic carbocycles. The van der Waals surface area contributed by atoms with Crippen molar-refractivity contribution in [3.63, 3.8) is 0 Å². The Morgan fingerprint density at radius 3 is 2.65 bits per heavy atom. The molecule has 0 saturated heterocycles. The average molecular weight is 387 g/mol. The van der Waals surface area contributed by atoms with Gasteiger partial charge in [0.25, 0.3) is 0 Å². The van der Waals surface area contributed by atoms with E-state index in [0.717, 1.165) is 4.70 Å². The van der Waals surface area contributed by atoms with E-state index < -0.39 is 10.0 Å². The molecule has 132 valence electrons. The van der Waals surface area contributed by atoms with Gasteiger partial charge >= 0.3 is 0 Å². The maximum Gasteiger partial charge on any atom is 0.239 e. The third kappa shape index (κ3) is 2.62. The van der Waals surface area contributed by atoms with Crippen LogP contribution in [0, 0.1) is 6.92 Å². The third-order valence-electron chi connectivity index (χ3n) is 3.95. The van der Waals surface area contributed by atoms with Crippen molar-refractivity contribution in [1.29, 1.82) is 0 Å². The molecular weight excluding hydrogens is 374 g/mol. The van der Waals surface area contributed by atoms with Gasteiger partial charge in [-0.1, -0.05) is 35.6 Å². The Kier molecular flexibility index (Phi) is 3.72. The number of nitrogens with zero attached hydrogens (tertiary/aromatic N) is 4. The van der Waals surface area contributed by atoms with Crippen molar-refractivity contribution in [2.75, 3.05) is 5.73 Å². The van der Waals surface area contributed by atoms with Gasteiger partial charge in [0.05, 0.1) is 15.1 Å². The Labute approximate surface area is 152 Å². The first-order chi connectivity index (χ1) is 12.4. The lowest BCUT2D eigenvalue weighted by atomic mass is 9.96. The van der Waals surface area contributed by atoms with Gasteiger partial charge in [0.2, 0.25) is 10.0 Å². The first kappa shape index (κ1) is 16.6. The second-order valence-corrected chi connectivity index (χ2v) is 8.19. The molecule has 0 aliphatic carbocycles. The topological polar surface area (TPSA) is 154 Å². The molecule has 0 saturated carbocycles. The number of benzene rings is 2. The molecule has 2 aromatic heterocycles. The van der Waals surface area contributed by atoms with Crippen LogP contribution in [0.2, 0.25) is 0 Å². The molecule has 2 heterocycles. The number of nitrogens with two attached hydrogens (primary N) is 2. The zero-order valence-electron chi connectivity index (χ0n) is 13.5. The van der Waals surface area contributed by atoms with Crippen LogP contribution in [0.15, 0.2) is 35.2 Å². The minimum Gasteiger partial charge on any atom is -0.375 e. The van der Waals surface area contributed by atoms with E-state index in [-0.39, 0.29) is 10.7 Å². The number of aryl methyl sites for hydroxylation is 1. The monoisotopic (exact) mass is 387 g/mol. The normalized spacial score (nSPS) is 11.9. The molecule has 9 nitrogen and oxygen atoms in total. The van der Waals surface area contributed by atoms with Gasteiger partial charge in [0, 0.05) is 11.1 Å². The standard InChI is InChI=1S/C15H13N7O2S2/c1-7-5-6-8(9-3-2-4-10-12(9)18-15(16)25-10)11(13(7)26(17,23)24)14-19-21-22-20-14/h2-6H,1H3,(H2,16,18)(H2,17,23,24)(H,19,20,21,22). The van der Waals surface area contributed by atoms with Crippen molar-refractivity contribution in [1.82, 2.24) is 25.6 Å². The number of tetrazole rings is 1. The SMILES string of the molecule is Cc1ccc(-c2cccc3sc(N)nc23)c(-c2nnn[nH]2)c1S(N)(=O)=O. The van der Waals surface area contributed by atoms with Gasteiger partial charge in [-0.3, -0.25) is 0 Å². The smallest absolute Gasteiger partial charge is 0.239 e. The minimum absolute atomic E-state index is 0.0336. The summed E-state index contributed by atoms with van der Waals surface area (Å²) in [6.07, 6.45) is 0. The van der Waals surface area contributed by atoms with Crippen LogP contribution in [0.1, 0.15) is 5.56 Å². The van der Waals surface area contributed by atoms with E-state index in [2.05, 4.69) is 25.6 Å². The van der Waals surface area contributed by atoms with E-state index in [1.807, 2.05) is 18.2 Å². The molecule has 0 spiro atoms. The Hall–Kier alpha value is -2.89. The van der Waals surface area contributed by atoms with Gasteiger partial charge in [-0.2, -0.15) is 0 Å². The molecule has 0 fully saturated rings. The molecule has 0 atom stereocenters. The molecule has 4 rings (SSSR count). The number of hydrogen-bond acceptors (Lipinski definition) is 8. The van der Waals surface area contributed by atoms with Crippen LogP contribution in [0.25, 0.3) is 32.7 Å². The Morgan fingerprint density at radius 1 is 1.15 bits per heavy atom. The number of para-hydroxylation sites is 1. The summed E-state index contributed by atoms with van der Waals surface area (Å²) in [5.74, 6) is 0.202. The molecule has 26 heavy (non-hydrogen) atoms. The highest BCUT2D eigenvalue weighted by Crippen LogP contribution is 2.40. The van der Waals surface area contributed by atoms with Crippen molar-refractivity contribution >= 4 is 36.7 Å². The Morgan fingerprint density at radius 2 is 1.96 bits per heavy atom. The zero-order valence-corrected chi connectivity index (χ0v) is 15.1. The zero-order chi connectivity index (χ0) is 18.5. The number of aromatic amines is 1. The summed E-state index contributed by atoms with van der Waals surface area (Å²) in [6.45, 7) is 1.66. The van der Waals surface area contributed by atoms with E-state index in [9.17, 15) is 8.42 Å². The summed E-state index contributed by atoms with van der Waals surface area (Å²) in [4.78, 5) is 4.35. The number of aromatic nitrogens is 5. The van der Waals surface area contributed by atoms with Gasteiger partial charge in [-0.25, -0.2) is 23.6 Å². The summed E-state index contributed by atoms with van der Waals surface area (Å²) in [5, 5.41) is 19.6. The van der Waals surface area contributed by atoms with Crippen LogP contribution in [-0.2, 0) is 10.0 Å². The highest BCUT2D eigenvalue weighted by atomic mass is 32.2. The molecule has 4 aromatic rings. The first-order valence-corrected chi connectivity index (χ1v) is 9.78. The summed E-state index contributed by atoms with van der Waals surface area (Å²) in [5.41, 5.74) is 8.62. The number of primary sulfonamides is 1. The van der Waals surface area contributed by atoms with Crippen molar-refractivity contribution in [2.45, 2.75) is 11.8 Å². The molecule has 0 bridgehead atoms. The summed E-state index contributed by atoms with van der Waals surface area (Å²) < 4.78 is 25.5. The van der Waals surface area contributed by atoms with Crippen LogP contribution in [0.4, 0.5) is 5.13 Å². The summed E-state index contributed by atoms with van der Waals surface area (Å²) in [7, 11) is -4.03. The van der Waals surface area contributed by atoms with E-state index in [1.165, 1.54) is 11.3 Å². The fraction of sp³-hybridized carbons (Fsp3) is 0.0667. The summed E-state index contributed by atoms with van der Waals surface area (Å²) >= 11 is 1.35. The Balaban J connectivity index is 2.16. The number of fused-ring (bicyclic) bond motifs is 1. The molecule has 0 radical (unpaired) electrons. The van der Waals surface area contributed by atoms with Gasteiger partial charge in [0.15, 0.2) is 11.0 Å². The van der Waals surface area contributed by atoms with E-state index in [4.69, 9.17) is 10.9 Å². The van der Waals surface area contributed by atoms with Gasteiger partial charge < -0.3 is 5.73 Å². The van der Waals surface area contributed by atoms with Crippen LogP contribution in [0.5, 0.6) is 0 Å². The van der Waals surface area contributed by atoms with Crippen molar-refractivity contribution in [3.05, 3.63) is 35.9 Å². The van der Waals surface area contributed by atoms with E-state index >= 15 is 0 Å². The van der Waals surface area contributed by atoms with Crippen molar-refractivity contribution in [3.8, 4) is 22.5 Å². The molecule has 0 aliphatic heterocycles. The van der Waals surface area contributed by atoms with Crippen molar-refractivity contribution < 1.29 is 8.42 Å². The largest absolute Gasteiger partial charge is 0.375 e. The van der Waals surface area contributed by atoms with Gasteiger partial charge in [0.1, 0.15) is 0 Å². The number of thiazole rings is 1. The fourth-order valence-corrected chi connectivity index (χ4v) is 4.73. The second kappa shape index (κ2) is 5.83. The Bertz CT molecular complexity index is 1230. The lowest BCUT2D eigenvalue weighted by Gasteiger charge is -2.14. The van der Waals surface area contributed by atoms with Crippen molar-refractivity contribution in [2.24, 2.45) is 5.14 Å². The van der Waals surface area contributed by atoms with E-state index in [0.29, 0.717) is 32.9 Å². The van der Waals surface area contributed by atoms with Crippen LogP contribution in [-0.4, -0.2) is 34.0 Å². The lowest BCUT2D eigenvalue weighted by molar-refractivity contribution is 0.597. The van der Waals surface area contributed by atoms with Crippen LogP contribution in [0.3, 0.4) is 0 Å². The highest BCUT2D eigenvalue weighted by Gasteiger charge is 2.25. The van der Waals surface area contributed by atoms with Crippen LogP contribution < -0.4 is 10.9 Å². The molecule has 11 heteroatoms.